The number of nitrogens with one attached hydrogen (secondary N) is 1. The molecule has 0 bridgehead atoms. The van der Waals surface area contributed by atoms with E-state index in [-0.39, 0.29) is 11.7 Å². The number of hydrogen-bond acceptors (Lipinski definition) is 4. The fraction of sp³-hybridized carbons (Fsp3) is 0.833. The van der Waals surface area contributed by atoms with Gasteiger partial charge in [-0.15, -0.1) is 0 Å². The molecule has 1 saturated carbocycles. The highest BCUT2D eigenvalue weighted by atomic mass is 16.6. The van der Waals surface area contributed by atoms with Gasteiger partial charge in [0, 0.05) is 6.54 Å². The summed E-state index contributed by atoms with van der Waals surface area (Å²) < 4.78 is 8.97. The zero-order chi connectivity index (χ0) is 13.3. The van der Waals surface area contributed by atoms with Gasteiger partial charge in [0.15, 0.2) is 0 Å². The van der Waals surface area contributed by atoms with E-state index >= 15 is 0 Å². The number of rotatable bonds is 3. The van der Waals surface area contributed by atoms with Gasteiger partial charge in [-0.05, 0) is 39.5 Å². The predicted octanol–water partition coefficient (Wildman–Crippen LogP) is 2.10. The first-order valence-corrected chi connectivity index (χ1v) is 5.82. The normalized spacial score (nSPS) is 14.8. The maximum absolute atomic E-state index is 11.2. The summed E-state index contributed by atoms with van der Waals surface area (Å²) in [5, 5.41) is 2.78. The van der Waals surface area contributed by atoms with Crippen LogP contribution in [0.5, 0.6) is 0 Å². The number of ether oxygens (including phenoxy) is 2. The Balaban J connectivity index is 0.000000557. The average Bonchev–Trinajstić information content (AvgIpc) is 2.13. The Labute approximate surface area is 103 Å². The third kappa shape index (κ3) is 9.66. The van der Waals surface area contributed by atoms with Crippen molar-refractivity contribution in [3.05, 3.63) is 0 Å². The van der Waals surface area contributed by atoms with Crippen molar-refractivity contribution >= 4 is 12.6 Å². The molecule has 0 aromatic rings. The first-order chi connectivity index (χ1) is 7.89. The van der Waals surface area contributed by atoms with Gasteiger partial charge < -0.3 is 14.8 Å². The maximum Gasteiger partial charge on any atom is 0.407 e. The van der Waals surface area contributed by atoms with E-state index in [0.717, 1.165) is 6.54 Å². The summed E-state index contributed by atoms with van der Waals surface area (Å²) in [7, 11) is 1.31. The zero-order valence-electron chi connectivity index (χ0n) is 11.1. The minimum atomic E-state index is -0.385. The minimum absolute atomic E-state index is 0.292. The summed E-state index contributed by atoms with van der Waals surface area (Å²) >= 11 is 0. The van der Waals surface area contributed by atoms with E-state index < -0.39 is 0 Å². The largest absolute Gasteiger partial charge is 0.471 e. The predicted molar refractivity (Wildman–Crippen MR) is 64.7 cm³/mol. The second kappa shape index (κ2) is 7.92. The van der Waals surface area contributed by atoms with Crippen LogP contribution in [0.4, 0.5) is 4.79 Å². The topological polar surface area (TPSA) is 64.6 Å². The van der Waals surface area contributed by atoms with Crippen LogP contribution in [-0.2, 0) is 14.3 Å². The van der Waals surface area contributed by atoms with Crippen LogP contribution in [0, 0.1) is 5.92 Å². The fourth-order valence-corrected chi connectivity index (χ4v) is 1.24. The Morgan fingerprint density at radius 1 is 1.41 bits per heavy atom. The van der Waals surface area contributed by atoms with E-state index in [1.807, 2.05) is 20.8 Å². The van der Waals surface area contributed by atoms with Gasteiger partial charge in [0.1, 0.15) is 5.60 Å². The molecule has 1 aliphatic rings. The third-order valence-electron chi connectivity index (χ3n) is 2.25. The van der Waals surface area contributed by atoms with Crippen LogP contribution < -0.4 is 5.32 Å². The molecule has 1 aliphatic carbocycles. The molecule has 0 heterocycles. The first kappa shape index (κ1) is 15.7. The molecule has 1 rings (SSSR count). The average molecular weight is 245 g/mol. The van der Waals surface area contributed by atoms with Gasteiger partial charge in [0.25, 0.3) is 6.47 Å². The van der Waals surface area contributed by atoms with Crippen LogP contribution in [0.25, 0.3) is 0 Å². The molecule has 5 nitrogen and oxygen atoms in total. The van der Waals surface area contributed by atoms with Crippen LogP contribution in [0.1, 0.15) is 40.0 Å². The molecule has 17 heavy (non-hydrogen) atoms. The summed E-state index contributed by atoms with van der Waals surface area (Å²) in [6, 6.07) is 0. The molecule has 5 heteroatoms. The van der Waals surface area contributed by atoms with E-state index in [1.54, 1.807) is 0 Å². The Kier molecular flexibility index (Phi) is 7.34. The van der Waals surface area contributed by atoms with Gasteiger partial charge in [-0.3, -0.25) is 4.79 Å². The van der Waals surface area contributed by atoms with E-state index in [4.69, 9.17) is 9.53 Å². The second-order valence-electron chi connectivity index (χ2n) is 5.01. The summed E-state index contributed by atoms with van der Waals surface area (Å²) in [6.07, 6.45) is 3.51. The van der Waals surface area contributed by atoms with Crippen LogP contribution in [0.3, 0.4) is 0 Å². The number of methoxy groups -OCH3 is 1. The number of carbonyl (C=O) groups excluding carboxylic acids is 2. The smallest absolute Gasteiger partial charge is 0.407 e. The van der Waals surface area contributed by atoms with Gasteiger partial charge in [-0.2, -0.15) is 0 Å². The lowest BCUT2D eigenvalue weighted by Crippen LogP contribution is -2.36. The van der Waals surface area contributed by atoms with Crippen molar-refractivity contribution in [2.45, 2.75) is 45.6 Å². The van der Waals surface area contributed by atoms with E-state index in [1.165, 1.54) is 26.4 Å². The van der Waals surface area contributed by atoms with Crippen molar-refractivity contribution in [2.24, 2.45) is 5.92 Å². The molecule has 1 amide bonds. The Morgan fingerprint density at radius 3 is 2.24 bits per heavy atom. The lowest BCUT2D eigenvalue weighted by molar-refractivity contribution is -0.126. The number of alkyl carbamates (subject to hydrolysis) is 1. The molecule has 0 aliphatic heterocycles. The lowest BCUT2D eigenvalue weighted by Gasteiger charge is -2.26. The third-order valence-corrected chi connectivity index (χ3v) is 2.25. The zero-order valence-corrected chi connectivity index (χ0v) is 11.1. The van der Waals surface area contributed by atoms with E-state index in [9.17, 15) is 4.79 Å². The van der Waals surface area contributed by atoms with Gasteiger partial charge in [-0.25, -0.2) is 4.79 Å². The summed E-state index contributed by atoms with van der Waals surface area (Å²) in [5.41, 5.74) is -0.385. The summed E-state index contributed by atoms with van der Waals surface area (Å²) in [4.78, 5) is 20.1. The van der Waals surface area contributed by atoms with Crippen molar-refractivity contribution in [3.8, 4) is 0 Å². The van der Waals surface area contributed by atoms with Crippen molar-refractivity contribution in [1.29, 1.82) is 0 Å². The quantitative estimate of drug-likeness (QED) is 0.773. The van der Waals surface area contributed by atoms with Crippen LogP contribution in [0.15, 0.2) is 0 Å². The highest BCUT2D eigenvalue weighted by molar-refractivity contribution is 5.67. The molecule has 0 aromatic carbocycles. The molecule has 0 aromatic heterocycles. The highest BCUT2D eigenvalue weighted by Crippen LogP contribution is 2.25. The van der Waals surface area contributed by atoms with Gasteiger partial charge in [0.05, 0.1) is 7.11 Å². The standard InChI is InChI=1S/C10H19NO2.C2H4O2/c1-10(2,3)13-9(12)11-7-8-5-4-6-8;1-4-2-3/h8H,4-7H2,1-3H3,(H,11,12);2H,1H3. The Hall–Kier alpha value is -1.26. The van der Waals surface area contributed by atoms with Crippen molar-refractivity contribution in [3.63, 3.8) is 0 Å². The first-order valence-electron chi connectivity index (χ1n) is 5.82. The molecule has 0 saturated heterocycles. The second-order valence-corrected chi connectivity index (χ2v) is 5.01. The molecular weight excluding hydrogens is 222 g/mol. The molecule has 100 valence electrons. The Bertz CT molecular complexity index is 231. The van der Waals surface area contributed by atoms with Crippen molar-refractivity contribution < 1.29 is 19.1 Å². The van der Waals surface area contributed by atoms with Crippen LogP contribution in [0.2, 0.25) is 0 Å². The molecule has 0 unspecified atom stereocenters. The maximum atomic E-state index is 11.2. The monoisotopic (exact) mass is 245 g/mol. The molecule has 1 fully saturated rings. The van der Waals surface area contributed by atoms with Crippen LogP contribution in [-0.4, -0.2) is 31.8 Å². The number of hydrogen-bond donors (Lipinski definition) is 1. The Morgan fingerprint density at radius 2 is 1.94 bits per heavy atom. The lowest BCUT2D eigenvalue weighted by atomic mass is 9.85. The minimum Gasteiger partial charge on any atom is -0.471 e. The molecule has 0 atom stereocenters. The molecular formula is C12H23NO4. The van der Waals surface area contributed by atoms with E-state index in [0.29, 0.717) is 12.4 Å². The number of carbonyl (C=O) groups is 2. The summed E-state index contributed by atoms with van der Waals surface area (Å²) in [5.74, 6) is 0.688. The highest BCUT2D eigenvalue weighted by Gasteiger charge is 2.20. The SMILES string of the molecule is CC(C)(C)OC(=O)NCC1CCC1.COC=O. The van der Waals surface area contributed by atoms with Gasteiger partial charge in [-0.1, -0.05) is 6.42 Å². The molecule has 0 radical (unpaired) electrons. The molecule has 1 N–H and O–H groups in total. The van der Waals surface area contributed by atoms with Gasteiger partial charge in [0.2, 0.25) is 0 Å². The number of amides is 1. The fourth-order valence-electron chi connectivity index (χ4n) is 1.24. The summed E-state index contributed by atoms with van der Waals surface area (Å²) in [6.45, 7) is 6.76. The van der Waals surface area contributed by atoms with Crippen molar-refractivity contribution in [1.82, 2.24) is 5.32 Å². The van der Waals surface area contributed by atoms with E-state index in [2.05, 4.69) is 10.1 Å². The molecule has 0 spiro atoms. The van der Waals surface area contributed by atoms with Crippen LogP contribution >= 0.6 is 0 Å². The van der Waals surface area contributed by atoms with Crippen molar-refractivity contribution in [2.75, 3.05) is 13.7 Å². The van der Waals surface area contributed by atoms with Gasteiger partial charge >= 0.3 is 6.09 Å².